The lowest BCUT2D eigenvalue weighted by Crippen LogP contribution is -2.50. The molecule has 1 saturated heterocycles. The maximum absolute atomic E-state index is 12.1. The summed E-state index contributed by atoms with van der Waals surface area (Å²) < 4.78 is 2.10. The predicted octanol–water partition coefficient (Wildman–Crippen LogP) is 0.860. The van der Waals surface area contributed by atoms with Crippen LogP contribution in [-0.4, -0.2) is 71.1 Å². The number of piperazine rings is 1. The Balaban J connectivity index is 1.28. The summed E-state index contributed by atoms with van der Waals surface area (Å²) in [5.74, 6) is 0.128. The molecular formula is C19H27N5O. The van der Waals surface area contributed by atoms with Crippen LogP contribution >= 0.6 is 0 Å². The monoisotopic (exact) mass is 341 g/mol. The van der Waals surface area contributed by atoms with Crippen molar-refractivity contribution in [2.75, 3.05) is 45.8 Å². The van der Waals surface area contributed by atoms with Crippen LogP contribution in [0.5, 0.6) is 0 Å². The molecule has 1 N–H and O–H groups in total. The first-order chi connectivity index (χ1) is 12.3. The first-order valence-electron chi connectivity index (χ1n) is 9.01. The van der Waals surface area contributed by atoms with E-state index in [2.05, 4.69) is 36.8 Å². The Morgan fingerprint density at radius 3 is 2.52 bits per heavy atom. The summed E-state index contributed by atoms with van der Waals surface area (Å²) >= 11 is 0. The van der Waals surface area contributed by atoms with Crippen molar-refractivity contribution in [3.63, 3.8) is 0 Å². The fourth-order valence-corrected chi connectivity index (χ4v) is 3.10. The molecule has 0 atom stereocenters. The Morgan fingerprint density at radius 1 is 1.04 bits per heavy atom. The molecule has 1 aromatic carbocycles. The first kappa shape index (κ1) is 17.6. The largest absolute Gasteiger partial charge is 0.355 e. The zero-order valence-electron chi connectivity index (χ0n) is 14.7. The molecule has 6 heteroatoms. The van der Waals surface area contributed by atoms with Crippen LogP contribution in [-0.2, 0) is 17.8 Å². The van der Waals surface area contributed by atoms with Gasteiger partial charge >= 0.3 is 0 Å². The number of carbonyl (C=O) groups excluding carboxylic acids is 1. The summed E-state index contributed by atoms with van der Waals surface area (Å²) in [4.78, 5) is 20.8. The topological polar surface area (TPSA) is 53.4 Å². The van der Waals surface area contributed by atoms with Gasteiger partial charge in [-0.15, -0.1) is 0 Å². The van der Waals surface area contributed by atoms with Gasteiger partial charge in [-0.25, -0.2) is 4.98 Å². The zero-order chi connectivity index (χ0) is 17.3. The third kappa shape index (κ3) is 5.99. The van der Waals surface area contributed by atoms with E-state index < -0.39 is 0 Å². The van der Waals surface area contributed by atoms with Crippen molar-refractivity contribution < 1.29 is 4.79 Å². The maximum Gasteiger partial charge on any atom is 0.234 e. The number of imidazole rings is 1. The Kier molecular flexibility index (Phi) is 6.59. The molecule has 0 bridgehead atoms. The number of nitrogens with one attached hydrogen (secondary N) is 1. The third-order valence-electron chi connectivity index (χ3n) is 4.64. The van der Waals surface area contributed by atoms with Gasteiger partial charge < -0.3 is 9.88 Å². The summed E-state index contributed by atoms with van der Waals surface area (Å²) in [6.45, 7) is 7.16. The molecule has 0 aliphatic carbocycles. The van der Waals surface area contributed by atoms with Crippen LogP contribution in [0.15, 0.2) is 49.1 Å². The average Bonchev–Trinajstić information content (AvgIpc) is 3.16. The van der Waals surface area contributed by atoms with Gasteiger partial charge in [-0.05, 0) is 12.0 Å². The quantitative estimate of drug-likeness (QED) is 0.774. The van der Waals surface area contributed by atoms with E-state index in [9.17, 15) is 4.79 Å². The fourth-order valence-electron chi connectivity index (χ4n) is 3.10. The van der Waals surface area contributed by atoms with Crippen LogP contribution in [0.2, 0.25) is 0 Å². The van der Waals surface area contributed by atoms with Crippen molar-refractivity contribution in [1.29, 1.82) is 0 Å². The minimum Gasteiger partial charge on any atom is -0.355 e. The summed E-state index contributed by atoms with van der Waals surface area (Å²) in [6, 6.07) is 10.3. The van der Waals surface area contributed by atoms with Crippen LogP contribution in [0.4, 0.5) is 0 Å². The lowest BCUT2D eigenvalue weighted by molar-refractivity contribution is -0.122. The van der Waals surface area contributed by atoms with E-state index in [1.165, 1.54) is 5.56 Å². The van der Waals surface area contributed by atoms with E-state index in [0.29, 0.717) is 13.1 Å². The standard InChI is InChI=1S/C19H27N5O/c25-19(21-7-6-18-4-2-1-3-5-18)16-23-13-10-22(11-14-23)12-15-24-9-8-20-17-24/h1-5,8-9,17H,6-7,10-16H2,(H,21,25). The molecule has 2 heterocycles. The number of rotatable bonds is 8. The molecule has 1 aromatic heterocycles. The van der Waals surface area contributed by atoms with Crippen LogP contribution in [0, 0.1) is 0 Å². The van der Waals surface area contributed by atoms with Gasteiger partial charge in [-0.1, -0.05) is 30.3 Å². The van der Waals surface area contributed by atoms with E-state index in [0.717, 1.165) is 45.7 Å². The average molecular weight is 341 g/mol. The molecule has 0 unspecified atom stereocenters. The molecule has 0 radical (unpaired) electrons. The number of hydrogen-bond donors (Lipinski definition) is 1. The fraction of sp³-hybridized carbons (Fsp3) is 0.474. The van der Waals surface area contributed by atoms with Crippen LogP contribution < -0.4 is 5.32 Å². The number of nitrogens with zero attached hydrogens (tertiary/aromatic N) is 4. The molecule has 0 saturated carbocycles. The van der Waals surface area contributed by atoms with Gasteiger partial charge in [-0.3, -0.25) is 14.6 Å². The second-order valence-electron chi connectivity index (χ2n) is 6.50. The molecule has 1 amide bonds. The SMILES string of the molecule is O=C(CN1CCN(CCn2ccnc2)CC1)NCCc1ccccc1. The number of amides is 1. The van der Waals surface area contributed by atoms with Crippen molar-refractivity contribution in [3.8, 4) is 0 Å². The highest BCUT2D eigenvalue weighted by Crippen LogP contribution is 2.02. The van der Waals surface area contributed by atoms with Gasteiger partial charge in [0.2, 0.25) is 5.91 Å². The molecule has 1 aliphatic rings. The third-order valence-corrected chi connectivity index (χ3v) is 4.64. The number of benzene rings is 1. The van der Waals surface area contributed by atoms with E-state index in [-0.39, 0.29) is 5.91 Å². The van der Waals surface area contributed by atoms with Crippen molar-refractivity contribution in [2.45, 2.75) is 13.0 Å². The summed E-state index contributed by atoms with van der Waals surface area (Å²) in [7, 11) is 0. The molecule has 25 heavy (non-hydrogen) atoms. The van der Waals surface area contributed by atoms with Gasteiger partial charge in [-0.2, -0.15) is 0 Å². The smallest absolute Gasteiger partial charge is 0.234 e. The van der Waals surface area contributed by atoms with Gasteiger partial charge in [0.1, 0.15) is 0 Å². The molecule has 1 aliphatic heterocycles. The second kappa shape index (κ2) is 9.34. The summed E-state index contributed by atoms with van der Waals surface area (Å²) in [6.07, 6.45) is 6.55. The molecule has 2 aromatic rings. The van der Waals surface area contributed by atoms with Crippen molar-refractivity contribution in [2.24, 2.45) is 0 Å². The lowest BCUT2D eigenvalue weighted by atomic mass is 10.1. The highest BCUT2D eigenvalue weighted by molar-refractivity contribution is 5.78. The predicted molar refractivity (Wildman–Crippen MR) is 98.3 cm³/mol. The van der Waals surface area contributed by atoms with Gasteiger partial charge in [0, 0.05) is 58.2 Å². The van der Waals surface area contributed by atoms with Gasteiger partial charge in [0.05, 0.1) is 12.9 Å². The molecule has 1 fully saturated rings. The normalized spacial score (nSPS) is 16.0. The lowest BCUT2D eigenvalue weighted by Gasteiger charge is -2.34. The summed E-state index contributed by atoms with van der Waals surface area (Å²) in [5.41, 5.74) is 1.26. The molecule has 134 valence electrons. The minimum atomic E-state index is 0.128. The number of hydrogen-bond acceptors (Lipinski definition) is 4. The van der Waals surface area contributed by atoms with E-state index in [1.807, 2.05) is 36.9 Å². The Hall–Kier alpha value is -2.18. The molecule has 0 spiro atoms. The van der Waals surface area contributed by atoms with Crippen LogP contribution in [0.25, 0.3) is 0 Å². The zero-order valence-corrected chi connectivity index (χ0v) is 14.7. The molecular weight excluding hydrogens is 314 g/mol. The van der Waals surface area contributed by atoms with E-state index >= 15 is 0 Å². The highest BCUT2D eigenvalue weighted by atomic mass is 16.2. The minimum absolute atomic E-state index is 0.128. The molecule has 6 nitrogen and oxygen atoms in total. The van der Waals surface area contributed by atoms with E-state index in [1.54, 1.807) is 0 Å². The van der Waals surface area contributed by atoms with E-state index in [4.69, 9.17) is 0 Å². The van der Waals surface area contributed by atoms with Crippen molar-refractivity contribution in [3.05, 3.63) is 54.6 Å². The first-order valence-corrected chi connectivity index (χ1v) is 9.01. The van der Waals surface area contributed by atoms with Crippen molar-refractivity contribution in [1.82, 2.24) is 24.7 Å². The Bertz CT molecular complexity index is 621. The summed E-state index contributed by atoms with van der Waals surface area (Å²) in [5, 5.41) is 3.03. The maximum atomic E-state index is 12.1. The van der Waals surface area contributed by atoms with Gasteiger partial charge in [0.15, 0.2) is 0 Å². The number of carbonyl (C=O) groups is 1. The number of aromatic nitrogens is 2. The van der Waals surface area contributed by atoms with Crippen LogP contribution in [0.3, 0.4) is 0 Å². The highest BCUT2D eigenvalue weighted by Gasteiger charge is 2.18. The van der Waals surface area contributed by atoms with Crippen LogP contribution in [0.1, 0.15) is 5.56 Å². The van der Waals surface area contributed by atoms with Crippen molar-refractivity contribution >= 4 is 5.91 Å². The van der Waals surface area contributed by atoms with Gasteiger partial charge in [0.25, 0.3) is 0 Å². The second-order valence-corrected chi connectivity index (χ2v) is 6.50. The Morgan fingerprint density at radius 2 is 1.80 bits per heavy atom. The molecule has 3 rings (SSSR count). The Labute approximate surface area is 149 Å².